The maximum atomic E-state index is 6.49. The Bertz CT molecular complexity index is 3050. The van der Waals surface area contributed by atoms with E-state index < -0.39 is 0 Å². The first-order chi connectivity index (χ1) is 25.8. The molecule has 0 amide bonds. The zero-order valence-corrected chi connectivity index (χ0v) is 28.3. The van der Waals surface area contributed by atoms with Crippen LogP contribution >= 0.6 is 0 Å². The summed E-state index contributed by atoms with van der Waals surface area (Å²) in [6.45, 7) is 0. The fraction of sp³-hybridized carbons (Fsp3) is 0. The van der Waals surface area contributed by atoms with Crippen molar-refractivity contribution in [2.75, 3.05) is 0 Å². The Kier molecular flexibility index (Phi) is 6.28. The van der Waals surface area contributed by atoms with Crippen molar-refractivity contribution in [2.45, 2.75) is 0 Å². The molecule has 0 saturated carbocycles. The van der Waals surface area contributed by atoms with Crippen molar-refractivity contribution in [1.29, 1.82) is 0 Å². The summed E-state index contributed by atoms with van der Waals surface area (Å²) in [5.74, 6) is 0. The van der Waals surface area contributed by atoms with Gasteiger partial charge in [-0.25, -0.2) is 0 Å². The van der Waals surface area contributed by atoms with Crippen molar-refractivity contribution < 1.29 is 4.42 Å². The number of benzene rings is 9. The van der Waals surface area contributed by atoms with E-state index in [1.807, 2.05) is 6.07 Å². The van der Waals surface area contributed by atoms with Crippen LogP contribution in [-0.4, -0.2) is 4.57 Å². The Balaban J connectivity index is 1.19. The standard InChI is InChI=1S/C50H31NO/c1-2-14-32(15-3-1)47-37-18-4-6-20-39(37)48(40-21-7-5-19-38(40)47)33-26-28-34(29-27-33)49-44(30-31-46-50(49)41-22-10-13-25-45(41)52-46)51-42-23-11-8-16-35(42)36-17-9-12-24-43(36)51/h1-31H. The summed E-state index contributed by atoms with van der Waals surface area (Å²) < 4.78 is 8.92. The van der Waals surface area contributed by atoms with Gasteiger partial charge in [0.05, 0.1) is 16.7 Å². The fourth-order valence-corrected chi connectivity index (χ4v) is 8.63. The van der Waals surface area contributed by atoms with E-state index in [2.05, 4.69) is 187 Å². The minimum absolute atomic E-state index is 0.887. The summed E-state index contributed by atoms with van der Waals surface area (Å²) in [6.07, 6.45) is 0. The molecule has 0 fully saturated rings. The molecule has 0 N–H and O–H groups in total. The molecule has 11 aromatic rings. The van der Waals surface area contributed by atoms with Crippen LogP contribution in [0.25, 0.3) is 104 Å². The van der Waals surface area contributed by atoms with E-state index >= 15 is 0 Å². The molecule has 0 aliphatic heterocycles. The molecule has 0 spiro atoms. The van der Waals surface area contributed by atoms with E-state index in [9.17, 15) is 0 Å². The lowest BCUT2D eigenvalue weighted by Gasteiger charge is -2.18. The molecule has 242 valence electrons. The van der Waals surface area contributed by atoms with Gasteiger partial charge >= 0.3 is 0 Å². The highest BCUT2D eigenvalue weighted by molar-refractivity contribution is 6.22. The second kappa shape index (κ2) is 11.3. The first-order valence-corrected chi connectivity index (χ1v) is 17.9. The Morgan fingerprint density at radius 3 is 1.27 bits per heavy atom. The molecule has 2 nitrogen and oxygen atoms in total. The van der Waals surface area contributed by atoms with Crippen LogP contribution in [0.1, 0.15) is 0 Å². The van der Waals surface area contributed by atoms with Gasteiger partial charge in [-0.3, -0.25) is 0 Å². The van der Waals surface area contributed by atoms with Crippen molar-refractivity contribution in [1.82, 2.24) is 4.57 Å². The lowest BCUT2D eigenvalue weighted by Crippen LogP contribution is -1.98. The average molecular weight is 662 g/mol. The zero-order valence-electron chi connectivity index (χ0n) is 28.3. The van der Waals surface area contributed by atoms with E-state index in [0.717, 1.165) is 38.8 Å². The van der Waals surface area contributed by atoms with Crippen molar-refractivity contribution >= 4 is 65.3 Å². The molecule has 52 heavy (non-hydrogen) atoms. The molecule has 2 heterocycles. The second-order valence-electron chi connectivity index (χ2n) is 13.6. The van der Waals surface area contributed by atoms with E-state index in [-0.39, 0.29) is 0 Å². The van der Waals surface area contributed by atoms with Gasteiger partial charge in [0, 0.05) is 27.1 Å². The number of fused-ring (bicyclic) bond motifs is 8. The van der Waals surface area contributed by atoms with Crippen molar-refractivity contribution in [2.24, 2.45) is 0 Å². The second-order valence-corrected chi connectivity index (χ2v) is 13.6. The molecule has 11 rings (SSSR count). The third kappa shape index (κ3) is 4.19. The molecule has 0 atom stereocenters. The van der Waals surface area contributed by atoms with Gasteiger partial charge in [-0.1, -0.05) is 158 Å². The Morgan fingerprint density at radius 2 is 0.712 bits per heavy atom. The third-order valence-electron chi connectivity index (χ3n) is 10.8. The lowest BCUT2D eigenvalue weighted by molar-refractivity contribution is 0.669. The van der Waals surface area contributed by atoms with E-state index in [0.29, 0.717) is 0 Å². The predicted molar refractivity (Wildman–Crippen MR) is 219 cm³/mol. The molecule has 0 bridgehead atoms. The summed E-state index contributed by atoms with van der Waals surface area (Å²) in [5.41, 5.74) is 12.6. The largest absolute Gasteiger partial charge is 0.456 e. The highest BCUT2D eigenvalue weighted by atomic mass is 16.3. The molecule has 9 aromatic carbocycles. The van der Waals surface area contributed by atoms with Crippen LogP contribution in [0.15, 0.2) is 192 Å². The van der Waals surface area contributed by atoms with Gasteiger partial charge in [0.15, 0.2) is 0 Å². The summed E-state index contributed by atoms with van der Waals surface area (Å²) in [6, 6.07) is 67.9. The Labute approximate surface area is 300 Å². The molecule has 0 aliphatic rings. The topological polar surface area (TPSA) is 18.1 Å². The number of hydrogen-bond donors (Lipinski definition) is 0. The summed E-state index contributed by atoms with van der Waals surface area (Å²) in [4.78, 5) is 0. The zero-order chi connectivity index (χ0) is 34.2. The fourth-order valence-electron chi connectivity index (χ4n) is 8.63. The van der Waals surface area contributed by atoms with E-state index in [4.69, 9.17) is 4.42 Å². The van der Waals surface area contributed by atoms with Crippen LogP contribution in [0.4, 0.5) is 0 Å². The van der Waals surface area contributed by atoms with E-state index in [1.165, 1.54) is 65.6 Å². The molecule has 2 aromatic heterocycles. The molecular formula is C50H31NO. The smallest absolute Gasteiger partial charge is 0.136 e. The number of furan rings is 1. The number of para-hydroxylation sites is 3. The van der Waals surface area contributed by atoms with Gasteiger partial charge in [-0.2, -0.15) is 0 Å². The number of nitrogens with zero attached hydrogens (tertiary/aromatic N) is 1. The van der Waals surface area contributed by atoms with Gasteiger partial charge in [0.2, 0.25) is 0 Å². The van der Waals surface area contributed by atoms with Gasteiger partial charge in [-0.05, 0) is 79.7 Å². The SMILES string of the molecule is c1ccc(-c2c3ccccc3c(-c3ccc(-c4c(-n5c6ccccc6c6ccccc65)ccc5oc6ccccc6c45)cc3)c3ccccc23)cc1. The first kappa shape index (κ1) is 28.9. The number of rotatable bonds is 4. The monoisotopic (exact) mass is 661 g/mol. The molecule has 0 saturated heterocycles. The highest BCUT2D eigenvalue weighted by Crippen LogP contribution is 2.46. The summed E-state index contributed by atoms with van der Waals surface area (Å²) in [7, 11) is 0. The maximum Gasteiger partial charge on any atom is 0.136 e. The first-order valence-electron chi connectivity index (χ1n) is 17.9. The average Bonchev–Trinajstić information content (AvgIpc) is 3.76. The Morgan fingerprint density at radius 1 is 0.288 bits per heavy atom. The third-order valence-corrected chi connectivity index (χ3v) is 10.8. The van der Waals surface area contributed by atoms with Crippen molar-refractivity contribution in [3.05, 3.63) is 188 Å². The highest BCUT2D eigenvalue weighted by Gasteiger charge is 2.22. The van der Waals surface area contributed by atoms with Crippen LogP contribution < -0.4 is 0 Å². The number of hydrogen-bond acceptors (Lipinski definition) is 1. The van der Waals surface area contributed by atoms with Gasteiger partial charge in [-0.15, -0.1) is 0 Å². The van der Waals surface area contributed by atoms with Crippen LogP contribution in [-0.2, 0) is 0 Å². The van der Waals surface area contributed by atoms with Crippen LogP contribution in [0.2, 0.25) is 0 Å². The van der Waals surface area contributed by atoms with Crippen LogP contribution in [0, 0.1) is 0 Å². The summed E-state index contributed by atoms with van der Waals surface area (Å²) >= 11 is 0. The molecule has 2 heteroatoms. The Hall–Kier alpha value is -6.90. The molecule has 0 unspecified atom stereocenters. The van der Waals surface area contributed by atoms with Crippen molar-refractivity contribution in [3.63, 3.8) is 0 Å². The normalized spacial score (nSPS) is 11.8. The molecule has 0 aliphatic carbocycles. The van der Waals surface area contributed by atoms with Crippen LogP contribution in [0.5, 0.6) is 0 Å². The minimum atomic E-state index is 0.887. The minimum Gasteiger partial charge on any atom is -0.456 e. The number of aromatic nitrogens is 1. The quantitative estimate of drug-likeness (QED) is 0.172. The molecular weight excluding hydrogens is 631 g/mol. The molecule has 0 radical (unpaired) electrons. The van der Waals surface area contributed by atoms with Gasteiger partial charge in [0.25, 0.3) is 0 Å². The van der Waals surface area contributed by atoms with Gasteiger partial charge < -0.3 is 8.98 Å². The predicted octanol–water partition coefficient (Wildman–Crippen LogP) is 14.0. The summed E-state index contributed by atoms with van der Waals surface area (Å²) in [5, 5.41) is 9.76. The maximum absolute atomic E-state index is 6.49. The van der Waals surface area contributed by atoms with Crippen LogP contribution in [0.3, 0.4) is 0 Å². The van der Waals surface area contributed by atoms with Crippen molar-refractivity contribution in [3.8, 4) is 39.1 Å². The van der Waals surface area contributed by atoms with Gasteiger partial charge in [0.1, 0.15) is 11.2 Å². The van der Waals surface area contributed by atoms with E-state index in [1.54, 1.807) is 0 Å². The lowest BCUT2D eigenvalue weighted by atomic mass is 9.85.